The molecule has 0 bridgehead atoms. The maximum Gasteiger partial charge on any atom is 0.270 e. The van der Waals surface area contributed by atoms with Crippen LogP contribution in [-0.4, -0.2) is 39.7 Å². The Balaban J connectivity index is 1.84. The standard InChI is InChI=1S/C15H21ClN2O2/c16-11-9-14(18(10-11)13-5-6-13)15(20)17(7-8-19)12-3-1-2-4-12/h9-10,12-13,19H,1-8H2. The fraction of sp³-hybridized carbons (Fsp3) is 0.667. The lowest BCUT2D eigenvalue weighted by Crippen LogP contribution is -2.41. The number of rotatable bonds is 5. The zero-order chi connectivity index (χ0) is 14.1. The molecule has 2 fully saturated rings. The van der Waals surface area contributed by atoms with Gasteiger partial charge in [0.2, 0.25) is 0 Å². The zero-order valence-corrected chi connectivity index (χ0v) is 12.4. The Hall–Kier alpha value is -1.00. The first-order chi connectivity index (χ1) is 9.70. The summed E-state index contributed by atoms with van der Waals surface area (Å²) < 4.78 is 2.02. The van der Waals surface area contributed by atoms with E-state index in [1.165, 1.54) is 12.8 Å². The Labute approximate surface area is 124 Å². The normalized spacial score (nSPS) is 19.5. The van der Waals surface area contributed by atoms with Gasteiger partial charge in [0.05, 0.1) is 11.6 Å². The van der Waals surface area contributed by atoms with Crippen molar-refractivity contribution >= 4 is 17.5 Å². The largest absolute Gasteiger partial charge is 0.395 e. The molecule has 4 nitrogen and oxygen atoms in total. The van der Waals surface area contributed by atoms with Crippen molar-refractivity contribution in [1.29, 1.82) is 0 Å². The highest BCUT2D eigenvalue weighted by molar-refractivity contribution is 6.31. The van der Waals surface area contributed by atoms with Crippen LogP contribution >= 0.6 is 11.6 Å². The number of aromatic nitrogens is 1. The summed E-state index contributed by atoms with van der Waals surface area (Å²) in [6, 6.07) is 2.47. The third-order valence-electron chi connectivity index (χ3n) is 4.34. The molecule has 1 amide bonds. The molecule has 2 aliphatic carbocycles. The zero-order valence-electron chi connectivity index (χ0n) is 11.6. The molecule has 0 unspecified atom stereocenters. The summed E-state index contributed by atoms with van der Waals surface area (Å²) in [4.78, 5) is 14.7. The molecule has 1 N–H and O–H groups in total. The Morgan fingerprint density at radius 1 is 1.35 bits per heavy atom. The Bertz CT molecular complexity index is 490. The van der Waals surface area contributed by atoms with Crippen molar-refractivity contribution in [2.75, 3.05) is 13.2 Å². The van der Waals surface area contributed by atoms with Gasteiger partial charge in [-0.2, -0.15) is 0 Å². The summed E-state index contributed by atoms with van der Waals surface area (Å²) in [7, 11) is 0. The van der Waals surface area contributed by atoms with Crippen molar-refractivity contribution in [2.45, 2.75) is 50.6 Å². The van der Waals surface area contributed by atoms with E-state index in [2.05, 4.69) is 0 Å². The van der Waals surface area contributed by atoms with Crippen molar-refractivity contribution < 1.29 is 9.90 Å². The van der Waals surface area contributed by atoms with Crippen molar-refractivity contribution in [3.05, 3.63) is 23.0 Å². The van der Waals surface area contributed by atoms with Crippen LogP contribution in [0.4, 0.5) is 0 Å². The van der Waals surface area contributed by atoms with E-state index < -0.39 is 0 Å². The van der Waals surface area contributed by atoms with Gasteiger partial charge < -0.3 is 14.6 Å². The average Bonchev–Trinajstić information content (AvgIpc) is 2.99. The maximum absolute atomic E-state index is 12.8. The number of nitrogens with zero attached hydrogens (tertiary/aromatic N) is 2. The molecule has 1 aromatic heterocycles. The van der Waals surface area contributed by atoms with Crippen LogP contribution in [0.3, 0.4) is 0 Å². The number of hydrogen-bond donors (Lipinski definition) is 1. The second-order valence-corrected chi connectivity index (χ2v) is 6.28. The first kappa shape index (κ1) is 14.0. The summed E-state index contributed by atoms with van der Waals surface area (Å²) in [5.41, 5.74) is 0.679. The maximum atomic E-state index is 12.8. The van der Waals surface area contributed by atoms with Crippen molar-refractivity contribution in [3.8, 4) is 0 Å². The summed E-state index contributed by atoms with van der Waals surface area (Å²) in [5.74, 6) is 0.0183. The SMILES string of the molecule is O=C(c1cc(Cl)cn1C1CC1)N(CCO)C1CCCC1. The van der Waals surface area contributed by atoms with E-state index in [1.807, 2.05) is 15.7 Å². The van der Waals surface area contributed by atoms with E-state index in [0.29, 0.717) is 23.3 Å². The molecule has 3 rings (SSSR count). The van der Waals surface area contributed by atoms with Gasteiger partial charge in [-0.25, -0.2) is 0 Å². The molecular formula is C15H21ClN2O2. The molecule has 0 radical (unpaired) electrons. The molecule has 5 heteroatoms. The van der Waals surface area contributed by atoms with Gasteiger partial charge in [0.25, 0.3) is 5.91 Å². The van der Waals surface area contributed by atoms with Crippen LogP contribution in [0.5, 0.6) is 0 Å². The molecule has 0 aromatic carbocycles. The summed E-state index contributed by atoms with van der Waals surface area (Å²) in [6.45, 7) is 0.428. The van der Waals surface area contributed by atoms with E-state index in [9.17, 15) is 9.90 Å². The number of hydrogen-bond acceptors (Lipinski definition) is 2. The number of halogens is 1. The van der Waals surface area contributed by atoms with Crippen molar-refractivity contribution in [1.82, 2.24) is 9.47 Å². The summed E-state index contributed by atoms with van der Waals surface area (Å²) >= 11 is 6.08. The monoisotopic (exact) mass is 296 g/mol. The van der Waals surface area contributed by atoms with E-state index in [0.717, 1.165) is 25.7 Å². The minimum atomic E-state index is 0.0140. The quantitative estimate of drug-likeness (QED) is 0.908. The minimum Gasteiger partial charge on any atom is -0.395 e. The number of aliphatic hydroxyl groups is 1. The van der Waals surface area contributed by atoms with E-state index in [1.54, 1.807) is 6.07 Å². The van der Waals surface area contributed by atoms with Gasteiger partial charge in [-0.1, -0.05) is 24.4 Å². The molecular weight excluding hydrogens is 276 g/mol. The first-order valence-electron chi connectivity index (χ1n) is 7.50. The summed E-state index contributed by atoms with van der Waals surface area (Å²) in [6.07, 6.45) is 8.53. The number of amides is 1. The number of carbonyl (C=O) groups is 1. The Kier molecular flexibility index (Phi) is 4.03. The van der Waals surface area contributed by atoms with Gasteiger partial charge in [0.15, 0.2) is 0 Å². The van der Waals surface area contributed by atoms with Gasteiger partial charge in [-0.05, 0) is 31.7 Å². The van der Waals surface area contributed by atoms with E-state index in [-0.39, 0.29) is 18.6 Å². The first-order valence-corrected chi connectivity index (χ1v) is 7.87. The van der Waals surface area contributed by atoms with Gasteiger partial charge in [-0.3, -0.25) is 4.79 Å². The molecule has 1 heterocycles. The number of aliphatic hydroxyl groups excluding tert-OH is 1. The van der Waals surface area contributed by atoms with Gasteiger partial charge in [0.1, 0.15) is 5.69 Å². The topological polar surface area (TPSA) is 45.5 Å². The van der Waals surface area contributed by atoms with Gasteiger partial charge in [-0.15, -0.1) is 0 Å². The van der Waals surface area contributed by atoms with Crippen molar-refractivity contribution in [2.24, 2.45) is 0 Å². The van der Waals surface area contributed by atoms with Crippen molar-refractivity contribution in [3.63, 3.8) is 0 Å². The fourth-order valence-corrected chi connectivity index (χ4v) is 3.40. The molecule has 1 aromatic rings. The van der Waals surface area contributed by atoms with Crippen LogP contribution in [0.25, 0.3) is 0 Å². The van der Waals surface area contributed by atoms with Crippen LogP contribution in [-0.2, 0) is 0 Å². The highest BCUT2D eigenvalue weighted by Crippen LogP contribution is 2.38. The van der Waals surface area contributed by atoms with Crippen LogP contribution in [0.15, 0.2) is 12.3 Å². The number of carbonyl (C=O) groups excluding carboxylic acids is 1. The average molecular weight is 297 g/mol. The van der Waals surface area contributed by atoms with Crippen LogP contribution in [0.2, 0.25) is 5.02 Å². The predicted octanol–water partition coefficient (Wildman–Crippen LogP) is 2.85. The molecule has 0 aliphatic heterocycles. The third kappa shape index (κ3) is 2.72. The molecule has 110 valence electrons. The molecule has 0 spiro atoms. The lowest BCUT2D eigenvalue weighted by molar-refractivity contribution is 0.0627. The summed E-state index contributed by atoms with van der Waals surface area (Å²) in [5, 5.41) is 9.88. The fourth-order valence-electron chi connectivity index (χ4n) is 3.19. The lowest BCUT2D eigenvalue weighted by atomic mass is 10.2. The van der Waals surface area contributed by atoms with Crippen LogP contribution < -0.4 is 0 Å². The Morgan fingerprint density at radius 2 is 2.05 bits per heavy atom. The molecule has 20 heavy (non-hydrogen) atoms. The smallest absolute Gasteiger partial charge is 0.270 e. The highest BCUT2D eigenvalue weighted by atomic mass is 35.5. The Morgan fingerprint density at radius 3 is 2.65 bits per heavy atom. The molecule has 0 saturated heterocycles. The van der Waals surface area contributed by atoms with Crippen LogP contribution in [0, 0.1) is 0 Å². The molecule has 2 aliphatic rings. The van der Waals surface area contributed by atoms with E-state index >= 15 is 0 Å². The second kappa shape index (κ2) is 5.78. The molecule has 2 saturated carbocycles. The third-order valence-corrected chi connectivity index (χ3v) is 4.55. The minimum absolute atomic E-state index is 0.0140. The second-order valence-electron chi connectivity index (χ2n) is 5.84. The molecule has 0 atom stereocenters. The van der Waals surface area contributed by atoms with Gasteiger partial charge >= 0.3 is 0 Å². The predicted molar refractivity (Wildman–Crippen MR) is 78.1 cm³/mol. The van der Waals surface area contributed by atoms with Crippen LogP contribution in [0.1, 0.15) is 55.1 Å². The van der Waals surface area contributed by atoms with Gasteiger partial charge in [0, 0.05) is 24.8 Å². The lowest BCUT2D eigenvalue weighted by Gasteiger charge is -2.28. The van der Waals surface area contributed by atoms with E-state index in [4.69, 9.17) is 11.6 Å². The highest BCUT2D eigenvalue weighted by Gasteiger charge is 2.32.